The van der Waals surface area contributed by atoms with Gasteiger partial charge in [-0.25, -0.2) is 0 Å². The summed E-state index contributed by atoms with van der Waals surface area (Å²) < 4.78 is 9.88. The van der Waals surface area contributed by atoms with Crippen LogP contribution in [0.3, 0.4) is 0 Å². The van der Waals surface area contributed by atoms with E-state index in [0.717, 1.165) is 0 Å². The monoisotopic (exact) mass is 177 g/mol. The van der Waals surface area contributed by atoms with Crippen molar-refractivity contribution < 1.29 is 19.7 Å². The zero-order valence-electron chi connectivity index (χ0n) is 7.23. The van der Waals surface area contributed by atoms with E-state index in [1.54, 1.807) is 7.05 Å². The van der Waals surface area contributed by atoms with Crippen LogP contribution in [-0.4, -0.2) is 55.5 Å². The second kappa shape index (κ2) is 4.15. The van der Waals surface area contributed by atoms with E-state index in [-0.39, 0.29) is 12.6 Å². The zero-order valence-corrected chi connectivity index (χ0v) is 7.23. The number of methoxy groups -OCH3 is 1. The lowest BCUT2D eigenvalue weighted by Crippen LogP contribution is -2.58. The lowest BCUT2D eigenvalue weighted by atomic mass is 10.0. The Hall–Kier alpha value is -0.200. The van der Waals surface area contributed by atoms with Gasteiger partial charge in [0.15, 0.2) is 6.29 Å². The molecule has 1 rings (SSSR count). The van der Waals surface area contributed by atoms with Crippen LogP contribution in [0.1, 0.15) is 0 Å². The Morgan fingerprint density at radius 3 is 2.67 bits per heavy atom. The Balaban J connectivity index is 2.56. The van der Waals surface area contributed by atoms with E-state index in [0.29, 0.717) is 0 Å². The summed E-state index contributed by atoms with van der Waals surface area (Å²) in [5.41, 5.74) is 0. The Morgan fingerprint density at radius 1 is 1.50 bits per heavy atom. The van der Waals surface area contributed by atoms with Gasteiger partial charge in [-0.15, -0.1) is 0 Å². The number of hydrogen-bond acceptors (Lipinski definition) is 5. The molecule has 0 amide bonds. The molecule has 1 heterocycles. The van der Waals surface area contributed by atoms with E-state index >= 15 is 0 Å². The average Bonchev–Trinajstić information content (AvgIpc) is 2.06. The van der Waals surface area contributed by atoms with Crippen molar-refractivity contribution in [2.24, 2.45) is 0 Å². The molecule has 0 radical (unpaired) electrons. The summed E-state index contributed by atoms with van der Waals surface area (Å²) >= 11 is 0. The van der Waals surface area contributed by atoms with Gasteiger partial charge in [0.05, 0.1) is 18.8 Å². The summed E-state index contributed by atoms with van der Waals surface area (Å²) in [4.78, 5) is 0. The Kier molecular flexibility index (Phi) is 3.42. The fourth-order valence-corrected chi connectivity index (χ4v) is 1.36. The first kappa shape index (κ1) is 9.88. The highest BCUT2D eigenvalue weighted by molar-refractivity contribution is 4.87. The highest BCUT2D eigenvalue weighted by atomic mass is 16.7. The first-order chi connectivity index (χ1) is 5.70. The third-order valence-corrected chi connectivity index (χ3v) is 2.06. The van der Waals surface area contributed by atoms with Gasteiger partial charge in [-0.1, -0.05) is 0 Å². The van der Waals surface area contributed by atoms with Crippen LogP contribution in [-0.2, 0) is 9.47 Å². The molecule has 12 heavy (non-hydrogen) atoms. The number of aliphatic hydroxyl groups is 2. The smallest absolute Gasteiger partial charge is 0.184 e. The summed E-state index contributed by atoms with van der Waals surface area (Å²) in [6.45, 7) is 0.182. The predicted octanol–water partition coefficient (Wildman–Crippen LogP) is -1.70. The zero-order chi connectivity index (χ0) is 9.14. The molecule has 4 atom stereocenters. The molecular weight excluding hydrogens is 162 g/mol. The van der Waals surface area contributed by atoms with Crippen LogP contribution in [0, 0.1) is 0 Å². The molecule has 1 fully saturated rings. The van der Waals surface area contributed by atoms with E-state index in [1.165, 1.54) is 7.11 Å². The van der Waals surface area contributed by atoms with E-state index < -0.39 is 18.5 Å². The molecule has 72 valence electrons. The number of rotatable bonds is 2. The number of hydrogen-bond donors (Lipinski definition) is 3. The Morgan fingerprint density at radius 2 is 2.17 bits per heavy atom. The molecule has 0 saturated carbocycles. The van der Waals surface area contributed by atoms with Gasteiger partial charge in [-0.2, -0.15) is 0 Å². The summed E-state index contributed by atoms with van der Waals surface area (Å²) in [7, 11) is 3.13. The van der Waals surface area contributed by atoms with Crippen molar-refractivity contribution in [3.05, 3.63) is 0 Å². The van der Waals surface area contributed by atoms with Crippen molar-refractivity contribution in [2.45, 2.75) is 24.5 Å². The minimum Gasteiger partial charge on any atom is -0.389 e. The van der Waals surface area contributed by atoms with Crippen LogP contribution in [0.4, 0.5) is 0 Å². The van der Waals surface area contributed by atoms with Gasteiger partial charge < -0.3 is 25.0 Å². The summed E-state index contributed by atoms with van der Waals surface area (Å²) in [6, 6.07) is -0.385. The lowest BCUT2D eigenvalue weighted by Gasteiger charge is -2.36. The third kappa shape index (κ3) is 1.75. The molecule has 1 saturated heterocycles. The van der Waals surface area contributed by atoms with Gasteiger partial charge in [0.2, 0.25) is 0 Å². The average molecular weight is 177 g/mol. The van der Waals surface area contributed by atoms with Crippen LogP contribution in [0.25, 0.3) is 0 Å². The molecule has 0 aromatic carbocycles. The quantitative estimate of drug-likeness (QED) is 0.469. The summed E-state index contributed by atoms with van der Waals surface area (Å²) in [5.74, 6) is 0. The van der Waals surface area contributed by atoms with E-state index in [4.69, 9.17) is 9.47 Å². The van der Waals surface area contributed by atoms with Gasteiger partial charge in [0.25, 0.3) is 0 Å². The van der Waals surface area contributed by atoms with Crippen LogP contribution in [0.2, 0.25) is 0 Å². The topological polar surface area (TPSA) is 71.0 Å². The highest BCUT2D eigenvalue weighted by Gasteiger charge is 2.37. The van der Waals surface area contributed by atoms with Gasteiger partial charge >= 0.3 is 0 Å². The maximum Gasteiger partial charge on any atom is 0.184 e. The fraction of sp³-hybridized carbons (Fsp3) is 1.00. The van der Waals surface area contributed by atoms with Crippen LogP contribution in [0.15, 0.2) is 0 Å². The number of aliphatic hydroxyl groups excluding tert-OH is 2. The molecule has 3 N–H and O–H groups in total. The van der Waals surface area contributed by atoms with Crippen molar-refractivity contribution in [1.82, 2.24) is 5.32 Å². The third-order valence-electron chi connectivity index (χ3n) is 2.06. The first-order valence-corrected chi connectivity index (χ1v) is 3.88. The molecular formula is C7H15NO4. The molecule has 0 aromatic rings. The van der Waals surface area contributed by atoms with Crippen molar-refractivity contribution in [3.63, 3.8) is 0 Å². The maximum absolute atomic E-state index is 9.53. The molecule has 5 heteroatoms. The van der Waals surface area contributed by atoms with E-state index in [9.17, 15) is 10.2 Å². The molecule has 0 unspecified atom stereocenters. The fourth-order valence-electron chi connectivity index (χ4n) is 1.36. The minimum atomic E-state index is -0.830. The van der Waals surface area contributed by atoms with Crippen LogP contribution < -0.4 is 5.32 Å². The highest BCUT2D eigenvalue weighted by Crippen LogP contribution is 2.15. The number of ether oxygens (including phenoxy) is 2. The van der Waals surface area contributed by atoms with Crippen LogP contribution in [0.5, 0.6) is 0 Å². The minimum absolute atomic E-state index is 0.182. The van der Waals surface area contributed by atoms with E-state index in [1.807, 2.05) is 0 Å². The molecule has 0 spiro atoms. The normalized spacial score (nSPS) is 43.0. The second-order valence-electron chi connectivity index (χ2n) is 2.81. The molecule has 5 nitrogen and oxygen atoms in total. The lowest BCUT2D eigenvalue weighted by molar-refractivity contribution is -0.235. The molecule has 1 aliphatic rings. The first-order valence-electron chi connectivity index (χ1n) is 3.88. The predicted molar refractivity (Wildman–Crippen MR) is 41.6 cm³/mol. The largest absolute Gasteiger partial charge is 0.389 e. The van der Waals surface area contributed by atoms with Crippen molar-refractivity contribution in [1.29, 1.82) is 0 Å². The van der Waals surface area contributed by atoms with Gasteiger partial charge in [0, 0.05) is 7.11 Å². The SMILES string of the molecule is CN[C@H]1[C@H](O)[C@@H](OC)OC[C@H]1O. The van der Waals surface area contributed by atoms with E-state index in [2.05, 4.69) is 5.32 Å². The molecule has 0 aliphatic carbocycles. The maximum atomic E-state index is 9.53. The molecule has 0 aromatic heterocycles. The van der Waals surface area contributed by atoms with Gasteiger partial charge in [0.1, 0.15) is 6.10 Å². The Bertz CT molecular complexity index is 143. The van der Waals surface area contributed by atoms with Crippen molar-refractivity contribution in [2.75, 3.05) is 20.8 Å². The number of nitrogens with one attached hydrogen (secondary N) is 1. The van der Waals surface area contributed by atoms with Crippen LogP contribution >= 0.6 is 0 Å². The molecule has 0 bridgehead atoms. The standard InChI is InChI=1S/C7H15NO4/c1-8-5-4(9)3-12-7(11-2)6(5)10/h4-10H,3H2,1-2H3/t4-,5-,6+,7+/m1/s1. The second-order valence-corrected chi connectivity index (χ2v) is 2.81. The van der Waals surface area contributed by atoms with Crippen molar-refractivity contribution in [3.8, 4) is 0 Å². The molecule has 1 aliphatic heterocycles. The Labute approximate surface area is 71.3 Å². The van der Waals surface area contributed by atoms with Gasteiger partial charge in [-0.3, -0.25) is 0 Å². The number of likely N-dealkylation sites (N-methyl/N-ethyl adjacent to an activating group) is 1. The summed E-state index contributed by atoms with van der Waals surface area (Å²) in [5, 5.41) is 21.7. The summed E-state index contributed by atoms with van der Waals surface area (Å²) in [6.07, 6.45) is -2.16. The van der Waals surface area contributed by atoms with Gasteiger partial charge in [-0.05, 0) is 7.05 Å². The van der Waals surface area contributed by atoms with Crippen molar-refractivity contribution >= 4 is 0 Å².